The third kappa shape index (κ3) is 3.03. The summed E-state index contributed by atoms with van der Waals surface area (Å²) in [6.45, 7) is 2.09. The van der Waals surface area contributed by atoms with Crippen LogP contribution >= 0.6 is 0 Å². The lowest BCUT2D eigenvalue weighted by atomic mass is 10.1. The summed E-state index contributed by atoms with van der Waals surface area (Å²) in [6, 6.07) is 17.3. The zero-order valence-corrected chi connectivity index (χ0v) is 12.2. The van der Waals surface area contributed by atoms with Crippen molar-refractivity contribution in [3.63, 3.8) is 0 Å². The summed E-state index contributed by atoms with van der Waals surface area (Å²) < 4.78 is 1.58. The average Bonchev–Trinajstić information content (AvgIpc) is 3.06. The van der Waals surface area contributed by atoms with E-state index in [-0.39, 0.29) is 11.7 Å². The number of para-hydroxylation sites is 1. The zero-order chi connectivity index (χ0) is 15.4. The Hall–Kier alpha value is -2.95. The van der Waals surface area contributed by atoms with Crippen molar-refractivity contribution >= 4 is 11.6 Å². The molecule has 0 fully saturated rings. The molecule has 22 heavy (non-hydrogen) atoms. The van der Waals surface area contributed by atoms with E-state index in [4.69, 9.17) is 0 Å². The monoisotopic (exact) mass is 292 g/mol. The molecule has 0 atom stereocenters. The van der Waals surface area contributed by atoms with E-state index >= 15 is 0 Å². The summed E-state index contributed by atoms with van der Waals surface area (Å²) in [7, 11) is 0. The summed E-state index contributed by atoms with van der Waals surface area (Å²) in [4.78, 5) is 16.2. The van der Waals surface area contributed by atoms with Crippen LogP contribution in [0.4, 0.5) is 5.69 Å². The molecule has 5 heteroatoms. The largest absolute Gasteiger partial charge is 0.319 e. The zero-order valence-electron chi connectivity index (χ0n) is 12.2. The first-order chi connectivity index (χ1) is 10.8. The van der Waals surface area contributed by atoms with E-state index in [1.54, 1.807) is 4.68 Å². The average molecular weight is 292 g/mol. The number of carbonyl (C=O) groups is 1. The lowest BCUT2D eigenvalue weighted by molar-refractivity contribution is 0.101. The van der Waals surface area contributed by atoms with Crippen LogP contribution in [-0.4, -0.2) is 20.7 Å². The molecule has 0 aliphatic heterocycles. The third-order valence-corrected chi connectivity index (χ3v) is 3.34. The van der Waals surface area contributed by atoms with Gasteiger partial charge in [0.05, 0.1) is 5.69 Å². The van der Waals surface area contributed by atoms with Crippen molar-refractivity contribution in [2.24, 2.45) is 0 Å². The van der Waals surface area contributed by atoms with E-state index in [0.29, 0.717) is 0 Å². The Morgan fingerprint density at radius 2 is 1.82 bits per heavy atom. The molecular weight excluding hydrogens is 276 g/mol. The minimum atomic E-state index is -0.320. The van der Waals surface area contributed by atoms with E-state index in [1.165, 1.54) is 11.9 Å². The molecule has 0 radical (unpaired) electrons. The second-order valence-electron chi connectivity index (χ2n) is 4.85. The molecule has 0 bridgehead atoms. The molecule has 110 valence electrons. The molecule has 0 aliphatic carbocycles. The molecule has 1 aromatic heterocycles. The number of amides is 1. The fraction of sp³-hybridized carbons (Fsp3) is 0.118. The molecule has 5 nitrogen and oxygen atoms in total. The number of hydrogen-bond acceptors (Lipinski definition) is 3. The van der Waals surface area contributed by atoms with Gasteiger partial charge in [-0.25, -0.2) is 9.67 Å². The van der Waals surface area contributed by atoms with Gasteiger partial charge in [0.2, 0.25) is 5.82 Å². The van der Waals surface area contributed by atoms with Crippen molar-refractivity contribution in [2.75, 3.05) is 5.32 Å². The maximum absolute atomic E-state index is 12.2. The Kier molecular flexibility index (Phi) is 3.96. The van der Waals surface area contributed by atoms with Gasteiger partial charge in [-0.2, -0.15) is 0 Å². The molecule has 1 amide bonds. The molecule has 0 saturated carbocycles. The highest BCUT2D eigenvalue weighted by Crippen LogP contribution is 2.11. The first kappa shape index (κ1) is 14.0. The van der Waals surface area contributed by atoms with Gasteiger partial charge in [0.15, 0.2) is 0 Å². The topological polar surface area (TPSA) is 59.8 Å². The number of benzene rings is 2. The van der Waals surface area contributed by atoms with Crippen LogP contribution in [0.25, 0.3) is 5.69 Å². The molecule has 0 aliphatic rings. The van der Waals surface area contributed by atoms with Gasteiger partial charge in [-0.15, -0.1) is 5.10 Å². The number of rotatable bonds is 4. The quantitative estimate of drug-likeness (QED) is 0.804. The number of nitrogens with zero attached hydrogens (tertiary/aromatic N) is 3. The van der Waals surface area contributed by atoms with Crippen LogP contribution in [0.15, 0.2) is 60.9 Å². The Bertz CT molecular complexity index is 763. The number of aryl methyl sites for hydroxylation is 1. The molecule has 0 unspecified atom stereocenters. The summed E-state index contributed by atoms with van der Waals surface area (Å²) in [5, 5.41) is 7.00. The Labute approximate surface area is 128 Å². The number of hydrogen-bond donors (Lipinski definition) is 1. The highest BCUT2D eigenvalue weighted by atomic mass is 16.2. The number of carbonyl (C=O) groups excluding carboxylic acids is 1. The molecule has 3 rings (SSSR count). The Morgan fingerprint density at radius 3 is 2.50 bits per heavy atom. The van der Waals surface area contributed by atoms with Crippen LogP contribution in [0.5, 0.6) is 0 Å². The summed E-state index contributed by atoms with van der Waals surface area (Å²) in [6.07, 6.45) is 2.50. The van der Waals surface area contributed by atoms with Crippen LogP contribution in [0.2, 0.25) is 0 Å². The van der Waals surface area contributed by atoms with Crippen LogP contribution in [-0.2, 0) is 6.42 Å². The van der Waals surface area contributed by atoms with E-state index < -0.39 is 0 Å². The maximum atomic E-state index is 12.2. The first-order valence-corrected chi connectivity index (χ1v) is 7.13. The van der Waals surface area contributed by atoms with Gasteiger partial charge in [0.1, 0.15) is 6.33 Å². The van der Waals surface area contributed by atoms with Crippen molar-refractivity contribution < 1.29 is 4.79 Å². The molecule has 0 saturated heterocycles. The molecule has 3 aromatic rings. The van der Waals surface area contributed by atoms with E-state index in [1.807, 2.05) is 54.6 Å². The van der Waals surface area contributed by atoms with Gasteiger partial charge < -0.3 is 5.32 Å². The normalized spacial score (nSPS) is 10.4. The standard InChI is InChI=1S/C17H16N4O/c1-2-13-8-10-14(11-9-13)19-17(22)16-18-12-21(20-16)15-6-4-3-5-7-15/h3-12H,2H2,1H3,(H,19,22). The third-order valence-electron chi connectivity index (χ3n) is 3.34. The van der Waals surface area contributed by atoms with Gasteiger partial charge in [-0.05, 0) is 36.2 Å². The highest BCUT2D eigenvalue weighted by molar-refractivity contribution is 6.01. The Morgan fingerprint density at radius 1 is 1.09 bits per heavy atom. The predicted octanol–water partition coefficient (Wildman–Crippen LogP) is 3.08. The van der Waals surface area contributed by atoms with Crippen molar-refractivity contribution in [3.05, 3.63) is 72.3 Å². The van der Waals surface area contributed by atoms with E-state index in [0.717, 1.165) is 17.8 Å². The van der Waals surface area contributed by atoms with Crippen molar-refractivity contribution in [3.8, 4) is 5.69 Å². The SMILES string of the molecule is CCc1ccc(NC(=O)c2ncn(-c3ccccc3)n2)cc1. The first-order valence-electron chi connectivity index (χ1n) is 7.13. The number of aromatic nitrogens is 3. The van der Waals surface area contributed by atoms with Crippen LogP contribution in [0.3, 0.4) is 0 Å². The van der Waals surface area contributed by atoms with Gasteiger partial charge in [-0.3, -0.25) is 4.79 Å². The summed E-state index contributed by atoms with van der Waals surface area (Å²) in [5.41, 5.74) is 2.82. The fourth-order valence-electron chi connectivity index (χ4n) is 2.08. The van der Waals surface area contributed by atoms with Gasteiger partial charge in [0.25, 0.3) is 5.91 Å². The van der Waals surface area contributed by atoms with Crippen LogP contribution in [0.1, 0.15) is 23.1 Å². The van der Waals surface area contributed by atoms with Crippen LogP contribution < -0.4 is 5.32 Å². The molecule has 1 N–H and O–H groups in total. The smallest absolute Gasteiger partial charge is 0.295 e. The minimum Gasteiger partial charge on any atom is -0.319 e. The fourth-order valence-corrected chi connectivity index (χ4v) is 2.08. The van der Waals surface area contributed by atoms with Crippen molar-refractivity contribution in [1.82, 2.24) is 14.8 Å². The second-order valence-corrected chi connectivity index (χ2v) is 4.85. The molecular formula is C17H16N4O. The van der Waals surface area contributed by atoms with E-state index in [9.17, 15) is 4.79 Å². The molecule has 1 heterocycles. The van der Waals surface area contributed by atoms with E-state index in [2.05, 4.69) is 22.3 Å². The van der Waals surface area contributed by atoms with Crippen LogP contribution in [0, 0.1) is 0 Å². The molecule has 2 aromatic carbocycles. The van der Waals surface area contributed by atoms with Crippen molar-refractivity contribution in [1.29, 1.82) is 0 Å². The van der Waals surface area contributed by atoms with Crippen molar-refractivity contribution in [2.45, 2.75) is 13.3 Å². The Balaban J connectivity index is 1.74. The number of nitrogens with one attached hydrogen (secondary N) is 1. The molecule has 0 spiro atoms. The highest BCUT2D eigenvalue weighted by Gasteiger charge is 2.12. The lowest BCUT2D eigenvalue weighted by Gasteiger charge is -2.03. The van der Waals surface area contributed by atoms with Gasteiger partial charge in [0, 0.05) is 5.69 Å². The summed E-state index contributed by atoms with van der Waals surface area (Å²) in [5.74, 6) is -0.178. The van der Waals surface area contributed by atoms with Gasteiger partial charge >= 0.3 is 0 Å². The second kappa shape index (κ2) is 6.22. The summed E-state index contributed by atoms with van der Waals surface area (Å²) >= 11 is 0. The van der Waals surface area contributed by atoms with Gasteiger partial charge in [-0.1, -0.05) is 37.3 Å². The predicted molar refractivity (Wildman–Crippen MR) is 85.1 cm³/mol. The maximum Gasteiger partial charge on any atom is 0.295 e. The lowest BCUT2D eigenvalue weighted by Crippen LogP contribution is -2.14. The minimum absolute atomic E-state index is 0.142. The number of anilines is 1.